The Hall–Kier alpha value is -2.77. The number of methoxy groups -OCH3 is 1. The predicted molar refractivity (Wildman–Crippen MR) is 119 cm³/mol. The lowest BCUT2D eigenvalue weighted by molar-refractivity contribution is -0.128. The number of nitrogens with zero attached hydrogens (tertiary/aromatic N) is 2. The number of hydrogen-bond donors (Lipinski definition) is 1. The highest BCUT2D eigenvalue weighted by Crippen LogP contribution is 2.18. The van der Waals surface area contributed by atoms with Gasteiger partial charge in [0.25, 0.3) is 0 Å². The number of hydrogen-bond acceptors (Lipinski definition) is 6. The zero-order chi connectivity index (χ0) is 22.1. The molecular weight excluding hydrogens is 396 g/mol. The highest BCUT2D eigenvalue weighted by atomic mass is 16.5. The number of likely N-dealkylation sites (tertiary alicyclic amines) is 1. The summed E-state index contributed by atoms with van der Waals surface area (Å²) in [6.07, 6.45) is 1.01. The Morgan fingerprint density at radius 1 is 1.03 bits per heavy atom. The van der Waals surface area contributed by atoms with Crippen LogP contribution < -0.4 is 14.2 Å². The third kappa shape index (κ3) is 7.45. The molecule has 1 aliphatic heterocycles. The van der Waals surface area contributed by atoms with Crippen molar-refractivity contribution in [2.45, 2.75) is 25.5 Å². The van der Waals surface area contributed by atoms with Crippen LogP contribution in [0.15, 0.2) is 48.5 Å². The number of benzene rings is 2. The average molecular weight is 429 g/mol. The summed E-state index contributed by atoms with van der Waals surface area (Å²) < 4.78 is 16.5. The van der Waals surface area contributed by atoms with Crippen molar-refractivity contribution in [3.05, 3.63) is 54.1 Å². The molecule has 0 aliphatic carbocycles. The molecule has 0 aromatic heterocycles. The molecular formula is C24H32N2O5. The fourth-order valence-electron chi connectivity index (χ4n) is 3.56. The first-order valence-electron chi connectivity index (χ1n) is 10.7. The van der Waals surface area contributed by atoms with E-state index in [2.05, 4.69) is 4.90 Å². The minimum absolute atomic E-state index is 0.221. The zero-order valence-electron chi connectivity index (χ0n) is 18.3. The number of rotatable bonds is 12. The monoisotopic (exact) mass is 428 g/mol. The number of likely N-dealkylation sites (N-methyl/N-ethyl adjacent to an activating group) is 1. The summed E-state index contributed by atoms with van der Waals surface area (Å²) in [5.41, 5.74) is 1.13. The van der Waals surface area contributed by atoms with Crippen LogP contribution in [0.25, 0.3) is 0 Å². The molecule has 0 bridgehead atoms. The van der Waals surface area contributed by atoms with Gasteiger partial charge in [-0.05, 0) is 55.4 Å². The number of amides is 1. The Morgan fingerprint density at radius 3 is 2.32 bits per heavy atom. The molecule has 0 saturated carbocycles. The predicted octanol–water partition coefficient (Wildman–Crippen LogP) is 2.57. The summed E-state index contributed by atoms with van der Waals surface area (Å²) in [4.78, 5) is 15.5. The maximum absolute atomic E-state index is 11.6. The van der Waals surface area contributed by atoms with Crippen molar-refractivity contribution >= 4 is 5.91 Å². The van der Waals surface area contributed by atoms with Gasteiger partial charge in [0.2, 0.25) is 5.91 Å². The van der Waals surface area contributed by atoms with Crippen LogP contribution in [0.2, 0.25) is 0 Å². The second-order valence-electron chi connectivity index (χ2n) is 7.81. The van der Waals surface area contributed by atoms with Gasteiger partial charge in [-0.25, -0.2) is 0 Å². The van der Waals surface area contributed by atoms with Crippen LogP contribution in [0, 0.1) is 0 Å². The van der Waals surface area contributed by atoms with Gasteiger partial charge in [-0.3, -0.25) is 9.69 Å². The highest BCUT2D eigenvalue weighted by Gasteiger charge is 2.19. The molecule has 0 unspecified atom stereocenters. The third-order valence-corrected chi connectivity index (χ3v) is 5.20. The highest BCUT2D eigenvalue weighted by molar-refractivity contribution is 5.78. The van der Waals surface area contributed by atoms with E-state index in [1.54, 1.807) is 7.11 Å². The van der Waals surface area contributed by atoms with Crippen molar-refractivity contribution < 1.29 is 24.1 Å². The quantitative estimate of drug-likeness (QED) is 0.560. The largest absolute Gasteiger partial charge is 0.497 e. The van der Waals surface area contributed by atoms with Crippen molar-refractivity contribution in [3.8, 4) is 17.2 Å². The van der Waals surface area contributed by atoms with Gasteiger partial charge in [-0.15, -0.1) is 0 Å². The molecule has 1 saturated heterocycles. The van der Waals surface area contributed by atoms with Gasteiger partial charge < -0.3 is 24.2 Å². The molecule has 7 nitrogen and oxygen atoms in total. The molecule has 31 heavy (non-hydrogen) atoms. The van der Waals surface area contributed by atoms with Gasteiger partial charge in [-0.1, -0.05) is 12.1 Å². The van der Waals surface area contributed by atoms with Crippen molar-refractivity contribution in [1.29, 1.82) is 0 Å². The van der Waals surface area contributed by atoms with Gasteiger partial charge in [0, 0.05) is 26.1 Å². The summed E-state index contributed by atoms with van der Waals surface area (Å²) in [5.74, 6) is 2.49. The molecule has 168 valence electrons. The Bertz CT molecular complexity index is 810. The fraction of sp³-hybridized carbons (Fsp3) is 0.458. The van der Waals surface area contributed by atoms with Crippen molar-refractivity contribution in [2.24, 2.45) is 0 Å². The number of aliphatic hydroxyl groups is 1. The van der Waals surface area contributed by atoms with E-state index in [1.807, 2.05) is 60.5 Å². The van der Waals surface area contributed by atoms with E-state index in [-0.39, 0.29) is 12.5 Å². The first-order valence-corrected chi connectivity index (χ1v) is 10.7. The molecule has 0 radical (unpaired) electrons. The molecule has 7 heteroatoms. The van der Waals surface area contributed by atoms with Crippen LogP contribution in [-0.4, -0.2) is 73.9 Å². The van der Waals surface area contributed by atoms with Crippen LogP contribution >= 0.6 is 0 Å². The molecule has 1 heterocycles. The maximum Gasteiger partial charge on any atom is 0.222 e. The Labute approximate surface area is 184 Å². The lowest BCUT2D eigenvalue weighted by Gasteiger charge is -2.21. The number of aliphatic hydroxyl groups excluding tert-OH is 1. The van der Waals surface area contributed by atoms with Crippen LogP contribution in [0.5, 0.6) is 17.2 Å². The van der Waals surface area contributed by atoms with Gasteiger partial charge >= 0.3 is 0 Å². The van der Waals surface area contributed by atoms with Crippen LogP contribution in [0.3, 0.4) is 0 Å². The van der Waals surface area contributed by atoms with Gasteiger partial charge in [-0.2, -0.15) is 0 Å². The molecule has 2 aromatic carbocycles. The Kier molecular flexibility index (Phi) is 8.55. The van der Waals surface area contributed by atoms with Crippen molar-refractivity contribution in [3.63, 3.8) is 0 Å². The van der Waals surface area contributed by atoms with E-state index in [9.17, 15) is 9.90 Å². The zero-order valence-corrected chi connectivity index (χ0v) is 18.3. The van der Waals surface area contributed by atoms with E-state index in [0.29, 0.717) is 38.4 Å². The summed E-state index contributed by atoms with van der Waals surface area (Å²) in [6.45, 7) is 3.42. The summed E-state index contributed by atoms with van der Waals surface area (Å²) in [5, 5.41) is 10.3. The second kappa shape index (κ2) is 11.6. The van der Waals surface area contributed by atoms with E-state index >= 15 is 0 Å². The normalized spacial score (nSPS) is 14.7. The summed E-state index contributed by atoms with van der Waals surface area (Å²) in [6, 6.07) is 15.2. The second-order valence-corrected chi connectivity index (χ2v) is 7.81. The van der Waals surface area contributed by atoms with Crippen LogP contribution in [0.4, 0.5) is 0 Å². The first-order chi connectivity index (χ1) is 15.0. The minimum Gasteiger partial charge on any atom is -0.497 e. The Morgan fingerprint density at radius 2 is 1.68 bits per heavy atom. The standard InChI is InChI=1S/C24H32N2O5/c1-25(17-20(27)18-31-23-11-9-21(29-2)10-12-23)16-19-5-7-22(8-6-19)30-15-14-26-13-3-4-24(26)28/h5-12,20,27H,3-4,13-18H2,1-2H3/t20-/m1/s1. The number of carbonyl (C=O) groups is 1. The lowest BCUT2D eigenvalue weighted by atomic mass is 10.2. The minimum atomic E-state index is -0.594. The molecule has 3 rings (SSSR count). The van der Waals surface area contributed by atoms with Gasteiger partial charge in [0.15, 0.2) is 0 Å². The molecule has 0 spiro atoms. The van der Waals surface area contributed by atoms with Crippen LogP contribution in [0.1, 0.15) is 18.4 Å². The topological polar surface area (TPSA) is 71.5 Å². The molecule has 2 aromatic rings. The van der Waals surface area contributed by atoms with Crippen molar-refractivity contribution in [1.82, 2.24) is 9.80 Å². The van der Waals surface area contributed by atoms with E-state index in [0.717, 1.165) is 30.0 Å². The maximum atomic E-state index is 11.6. The number of ether oxygens (including phenoxy) is 3. The first kappa shape index (κ1) is 22.9. The van der Waals surface area contributed by atoms with E-state index in [1.165, 1.54) is 0 Å². The van der Waals surface area contributed by atoms with Crippen LogP contribution in [-0.2, 0) is 11.3 Å². The lowest BCUT2D eigenvalue weighted by Crippen LogP contribution is -2.32. The van der Waals surface area contributed by atoms with E-state index in [4.69, 9.17) is 14.2 Å². The third-order valence-electron chi connectivity index (χ3n) is 5.20. The van der Waals surface area contributed by atoms with Gasteiger partial charge in [0.05, 0.1) is 13.7 Å². The average Bonchev–Trinajstić information content (AvgIpc) is 3.18. The SMILES string of the molecule is COc1ccc(OC[C@H](O)CN(C)Cc2ccc(OCCN3CCCC3=O)cc2)cc1. The Balaban J connectivity index is 1.35. The summed E-state index contributed by atoms with van der Waals surface area (Å²) >= 11 is 0. The molecule has 1 amide bonds. The fourth-order valence-corrected chi connectivity index (χ4v) is 3.56. The smallest absolute Gasteiger partial charge is 0.222 e. The van der Waals surface area contributed by atoms with Crippen molar-refractivity contribution in [2.75, 3.05) is 47.0 Å². The number of carbonyl (C=O) groups excluding carboxylic acids is 1. The summed E-state index contributed by atoms with van der Waals surface area (Å²) in [7, 11) is 3.59. The van der Waals surface area contributed by atoms with Gasteiger partial charge in [0.1, 0.15) is 36.6 Å². The molecule has 1 fully saturated rings. The molecule has 1 aliphatic rings. The molecule has 1 atom stereocenters. The van der Waals surface area contributed by atoms with E-state index < -0.39 is 6.10 Å². The molecule has 1 N–H and O–H groups in total.